The number of ether oxygens (including phenoxy) is 1. The Hall–Kier alpha value is -0.590. The number of nitrogens with zero attached hydrogens (tertiary/aromatic N) is 1. The number of halogens is 2. The minimum Gasteiger partial charge on any atom is -0.465 e. The normalized spacial score (nSPS) is 19.4. The number of hydrogen-bond acceptors (Lipinski definition) is 4. The van der Waals surface area contributed by atoms with E-state index < -0.39 is 5.97 Å². The lowest BCUT2D eigenvalue weighted by Crippen LogP contribution is -2.26. The van der Waals surface area contributed by atoms with Crippen molar-refractivity contribution in [3.63, 3.8) is 0 Å². The summed E-state index contributed by atoms with van der Waals surface area (Å²) in [6, 6.07) is 0. The van der Waals surface area contributed by atoms with Gasteiger partial charge in [-0.2, -0.15) is 0 Å². The third-order valence-electron chi connectivity index (χ3n) is 2.79. The van der Waals surface area contributed by atoms with E-state index in [1.54, 1.807) is 10.3 Å². The van der Waals surface area contributed by atoms with Gasteiger partial charge in [-0.1, -0.05) is 0 Å². The van der Waals surface area contributed by atoms with Gasteiger partial charge in [0.25, 0.3) is 0 Å². The van der Waals surface area contributed by atoms with Crippen LogP contribution >= 0.6 is 38.9 Å². The Bertz CT molecular complexity index is 491. The van der Waals surface area contributed by atoms with Gasteiger partial charge < -0.3 is 9.64 Å². The zero-order valence-electron chi connectivity index (χ0n) is 9.61. The van der Waals surface area contributed by atoms with Crippen molar-refractivity contribution in [3.05, 3.63) is 14.7 Å². The van der Waals surface area contributed by atoms with Gasteiger partial charge in [0, 0.05) is 24.2 Å². The molecule has 0 aliphatic carbocycles. The molecule has 0 N–H and O–H groups in total. The summed E-state index contributed by atoms with van der Waals surface area (Å²) in [6.07, 6.45) is 0.423. The number of hydrogen-bond donors (Lipinski definition) is 0. The van der Waals surface area contributed by atoms with Crippen LogP contribution in [-0.2, 0) is 9.53 Å². The lowest BCUT2D eigenvalue weighted by molar-refractivity contribution is -0.117. The molecule has 1 unspecified atom stereocenters. The molecule has 7 heteroatoms. The molecular weight excluding hydrogens is 342 g/mol. The van der Waals surface area contributed by atoms with Crippen LogP contribution in [0.2, 0.25) is 0 Å². The molecule has 1 aliphatic heterocycles. The predicted molar refractivity (Wildman–Crippen MR) is 74.5 cm³/mol. The molecule has 2 rings (SSSR count). The highest BCUT2D eigenvalue weighted by Gasteiger charge is 2.34. The number of amides is 1. The Morgan fingerprint density at radius 1 is 1.72 bits per heavy atom. The molecule has 18 heavy (non-hydrogen) atoms. The lowest BCUT2D eigenvalue weighted by Gasteiger charge is -2.17. The summed E-state index contributed by atoms with van der Waals surface area (Å²) in [6.45, 7) is 0.543. The summed E-state index contributed by atoms with van der Waals surface area (Å²) >= 11 is 10.4. The molecule has 1 amide bonds. The van der Waals surface area contributed by atoms with Gasteiger partial charge in [0.15, 0.2) is 0 Å². The highest BCUT2D eigenvalue weighted by Crippen LogP contribution is 2.39. The van der Waals surface area contributed by atoms with Crippen molar-refractivity contribution in [1.29, 1.82) is 0 Å². The molecule has 2 heterocycles. The van der Waals surface area contributed by atoms with E-state index in [9.17, 15) is 9.59 Å². The Morgan fingerprint density at radius 3 is 3.00 bits per heavy atom. The second kappa shape index (κ2) is 5.59. The van der Waals surface area contributed by atoms with Crippen molar-refractivity contribution in [1.82, 2.24) is 0 Å². The summed E-state index contributed by atoms with van der Waals surface area (Å²) in [7, 11) is 1.33. The highest BCUT2D eigenvalue weighted by molar-refractivity contribution is 9.10. The van der Waals surface area contributed by atoms with Crippen molar-refractivity contribution in [2.24, 2.45) is 5.92 Å². The molecule has 0 saturated carbocycles. The van der Waals surface area contributed by atoms with Crippen LogP contribution in [0, 0.1) is 5.92 Å². The van der Waals surface area contributed by atoms with Crippen LogP contribution in [0.1, 0.15) is 16.1 Å². The summed E-state index contributed by atoms with van der Waals surface area (Å²) in [4.78, 5) is 25.7. The van der Waals surface area contributed by atoms with Crippen LogP contribution in [0.5, 0.6) is 0 Å². The molecular formula is C11H11BrClNO3S. The second-order valence-corrected chi connectivity index (χ2v) is 6.02. The summed E-state index contributed by atoms with van der Waals surface area (Å²) in [5.41, 5.74) is 0.601. The van der Waals surface area contributed by atoms with E-state index in [0.29, 0.717) is 29.4 Å². The monoisotopic (exact) mass is 351 g/mol. The van der Waals surface area contributed by atoms with Gasteiger partial charge in [0.1, 0.15) is 4.88 Å². The minimum atomic E-state index is -0.428. The maximum Gasteiger partial charge on any atom is 0.350 e. The maximum atomic E-state index is 12.0. The molecule has 1 fully saturated rings. The first kappa shape index (κ1) is 13.8. The van der Waals surface area contributed by atoms with Gasteiger partial charge in [-0.05, 0) is 21.8 Å². The van der Waals surface area contributed by atoms with Crippen LogP contribution in [0.4, 0.5) is 5.69 Å². The number of thiophene rings is 1. The molecule has 1 aromatic rings. The number of methoxy groups -OCH3 is 1. The fourth-order valence-electron chi connectivity index (χ4n) is 1.92. The van der Waals surface area contributed by atoms with Gasteiger partial charge in [0.2, 0.25) is 5.91 Å². The number of esters is 1. The predicted octanol–water partition coefficient (Wildman–Crippen LogP) is 2.89. The third-order valence-corrected chi connectivity index (χ3v) is 5.08. The van der Waals surface area contributed by atoms with Gasteiger partial charge >= 0.3 is 5.97 Å². The molecule has 1 aliphatic rings. The van der Waals surface area contributed by atoms with E-state index in [2.05, 4.69) is 15.9 Å². The summed E-state index contributed by atoms with van der Waals surface area (Å²) in [5, 5.41) is 1.78. The molecule has 0 radical (unpaired) electrons. The van der Waals surface area contributed by atoms with Crippen molar-refractivity contribution in [2.75, 3.05) is 24.4 Å². The zero-order chi connectivity index (χ0) is 13.3. The van der Waals surface area contributed by atoms with Crippen molar-refractivity contribution < 1.29 is 14.3 Å². The molecule has 1 aromatic heterocycles. The molecule has 0 aromatic carbocycles. The van der Waals surface area contributed by atoms with Gasteiger partial charge in [0.05, 0.1) is 17.3 Å². The van der Waals surface area contributed by atoms with E-state index >= 15 is 0 Å². The number of carbonyl (C=O) groups excluding carboxylic acids is 2. The third kappa shape index (κ3) is 2.41. The fraction of sp³-hybridized carbons (Fsp3) is 0.455. The van der Waals surface area contributed by atoms with Crippen molar-refractivity contribution in [3.8, 4) is 0 Å². The Balaban J connectivity index is 2.36. The van der Waals surface area contributed by atoms with Crippen LogP contribution < -0.4 is 4.90 Å². The van der Waals surface area contributed by atoms with Gasteiger partial charge in [-0.3, -0.25) is 4.79 Å². The summed E-state index contributed by atoms with van der Waals surface area (Å²) < 4.78 is 5.46. The quantitative estimate of drug-likeness (QED) is 0.621. The maximum absolute atomic E-state index is 12.0. The average Bonchev–Trinajstić information content (AvgIpc) is 2.91. The number of anilines is 1. The van der Waals surface area contributed by atoms with E-state index in [1.165, 1.54) is 18.4 Å². The Labute approximate surface area is 122 Å². The minimum absolute atomic E-state index is 0.00935. The SMILES string of the molecule is COC(=O)c1scc(Br)c1N1CC(CCl)CC1=O. The molecule has 0 spiro atoms. The van der Waals surface area contributed by atoms with E-state index in [-0.39, 0.29) is 11.8 Å². The average molecular weight is 353 g/mol. The van der Waals surface area contributed by atoms with Gasteiger partial charge in [-0.15, -0.1) is 22.9 Å². The lowest BCUT2D eigenvalue weighted by atomic mass is 10.1. The Kier molecular flexibility index (Phi) is 4.29. The summed E-state index contributed by atoms with van der Waals surface area (Å²) in [5.74, 6) is 0.140. The van der Waals surface area contributed by atoms with E-state index in [1.807, 2.05) is 0 Å². The van der Waals surface area contributed by atoms with E-state index in [0.717, 1.165) is 4.47 Å². The number of rotatable bonds is 3. The first-order valence-electron chi connectivity index (χ1n) is 5.30. The largest absolute Gasteiger partial charge is 0.465 e. The van der Waals surface area contributed by atoms with Crippen LogP contribution in [0.25, 0.3) is 0 Å². The van der Waals surface area contributed by atoms with Gasteiger partial charge in [-0.25, -0.2) is 4.79 Å². The fourth-order valence-corrected chi connectivity index (χ4v) is 3.80. The van der Waals surface area contributed by atoms with Crippen molar-refractivity contribution >= 4 is 56.4 Å². The molecule has 98 valence electrons. The number of carbonyl (C=O) groups is 2. The zero-order valence-corrected chi connectivity index (χ0v) is 12.8. The Morgan fingerprint density at radius 2 is 2.44 bits per heavy atom. The van der Waals surface area contributed by atoms with Crippen LogP contribution in [0.3, 0.4) is 0 Å². The topological polar surface area (TPSA) is 46.6 Å². The smallest absolute Gasteiger partial charge is 0.350 e. The van der Waals surface area contributed by atoms with E-state index in [4.69, 9.17) is 16.3 Å². The standard InChI is InChI=1S/C11H11BrClNO3S/c1-17-11(16)10-9(7(12)5-18-10)14-4-6(3-13)2-8(14)15/h5-6H,2-4H2,1H3. The first-order valence-corrected chi connectivity index (χ1v) is 7.50. The first-order chi connectivity index (χ1) is 8.58. The number of alkyl halides is 1. The highest BCUT2D eigenvalue weighted by atomic mass is 79.9. The van der Waals surface area contributed by atoms with Crippen molar-refractivity contribution in [2.45, 2.75) is 6.42 Å². The van der Waals surface area contributed by atoms with Crippen LogP contribution in [-0.4, -0.2) is 31.4 Å². The molecule has 4 nitrogen and oxygen atoms in total. The molecule has 0 bridgehead atoms. The van der Waals surface area contributed by atoms with Crippen LogP contribution in [0.15, 0.2) is 9.85 Å². The molecule has 1 saturated heterocycles. The molecule has 1 atom stereocenters. The second-order valence-electron chi connectivity index (χ2n) is 3.98.